The number of rotatable bonds is 5. The summed E-state index contributed by atoms with van der Waals surface area (Å²) in [7, 11) is 0. The lowest BCUT2D eigenvalue weighted by Crippen LogP contribution is -2.37. The van der Waals surface area contributed by atoms with Gasteiger partial charge in [-0.3, -0.25) is 4.79 Å². The van der Waals surface area contributed by atoms with Gasteiger partial charge >= 0.3 is 12.1 Å². The average Bonchev–Trinajstić information content (AvgIpc) is 2.82. The van der Waals surface area contributed by atoms with E-state index in [1.54, 1.807) is 25.1 Å². The molecule has 0 aliphatic carbocycles. The molecule has 0 unspecified atom stereocenters. The molecule has 2 heterocycles. The van der Waals surface area contributed by atoms with E-state index >= 15 is 0 Å². The van der Waals surface area contributed by atoms with Crippen molar-refractivity contribution in [3.63, 3.8) is 0 Å². The zero-order valence-electron chi connectivity index (χ0n) is 18.2. The number of hydrogen-bond donors (Lipinski definition) is 1. The first-order valence-corrected chi connectivity index (χ1v) is 10.9. The first-order chi connectivity index (χ1) is 15.8. The van der Waals surface area contributed by atoms with Crippen LogP contribution in [0.25, 0.3) is 22.0 Å². The Morgan fingerprint density at radius 3 is 2.45 bits per heavy atom. The number of fused-ring (bicyclic) bond motifs is 1. The summed E-state index contributed by atoms with van der Waals surface area (Å²) >= 11 is 0. The zero-order chi connectivity index (χ0) is 23.6. The van der Waals surface area contributed by atoms with Gasteiger partial charge in [-0.2, -0.15) is 13.2 Å². The summed E-state index contributed by atoms with van der Waals surface area (Å²) in [5, 5.41) is 10.1. The Labute approximate surface area is 189 Å². The van der Waals surface area contributed by atoms with Crippen molar-refractivity contribution in [1.29, 1.82) is 0 Å². The highest BCUT2D eigenvalue weighted by Crippen LogP contribution is 2.36. The molecule has 5 nitrogen and oxygen atoms in total. The van der Waals surface area contributed by atoms with Crippen LogP contribution in [0.3, 0.4) is 0 Å². The number of piperidine rings is 1. The van der Waals surface area contributed by atoms with Crippen LogP contribution in [-0.2, 0) is 22.3 Å². The molecule has 0 bridgehead atoms. The molecule has 3 aromatic rings. The van der Waals surface area contributed by atoms with E-state index in [0.29, 0.717) is 43.7 Å². The second-order valence-electron chi connectivity index (χ2n) is 8.12. The van der Waals surface area contributed by atoms with E-state index in [9.17, 15) is 23.1 Å². The van der Waals surface area contributed by atoms with Crippen molar-refractivity contribution in [3.8, 4) is 11.1 Å². The second-order valence-corrected chi connectivity index (χ2v) is 8.12. The number of halogens is 3. The zero-order valence-corrected chi connectivity index (χ0v) is 18.2. The van der Waals surface area contributed by atoms with E-state index in [0.717, 1.165) is 22.8 Å². The number of ether oxygens (including phenoxy) is 1. The first kappa shape index (κ1) is 23.0. The Kier molecular flexibility index (Phi) is 6.56. The predicted octanol–water partition coefficient (Wildman–Crippen LogP) is 5.19. The van der Waals surface area contributed by atoms with Gasteiger partial charge in [-0.25, -0.2) is 4.98 Å². The van der Waals surface area contributed by atoms with Crippen LogP contribution in [0.5, 0.6) is 0 Å². The smallest absolute Gasteiger partial charge is 0.416 e. The number of pyridine rings is 1. The quantitative estimate of drug-likeness (QED) is 0.533. The predicted molar refractivity (Wildman–Crippen MR) is 120 cm³/mol. The Morgan fingerprint density at radius 2 is 1.79 bits per heavy atom. The molecule has 0 saturated carbocycles. The van der Waals surface area contributed by atoms with Crippen molar-refractivity contribution in [2.24, 2.45) is 5.92 Å². The lowest BCUT2D eigenvalue weighted by Gasteiger charge is -2.31. The van der Waals surface area contributed by atoms with E-state index in [-0.39, 0.29) is 17.5 Å². The maximum atomic E-state index is 13.4. The molecule has 1 aliphatic rings. The van der Waals surface area contributed by atoms with Crippen LogP contribution in [0.4, 0.5) is 19.0 Å². The van der Waals surface area contributed by atoms with Crippen LogP contribution >= 0.6 is 0 Å². The molecule has 1 saturated heterocycles. The highest BCUT2D eigenvalue weighted by atomic mass is 19.4. The molecule has 8 heteroatoms. The van der Waals surface area contributed by atoms with Crippen LogP contribution in [0.1, 0.15) is 30.9 Å². The van der Waals surface area contributed by atoms with Gasteiger partial charge in [0.1, 0.15) is 5.82 Å². The maximum Gasteiger partial charge on any atom is 0.416 e. The number of aromatic nitrogens is 1. The Balaban J connectivity index is 1.55. The number of hydrogen-bond acceptors (Lipinski definition) is 5. The molecule has 33 heavy (non-hydrogen) atoms. The molecular formula is C25H25F3N2O3. The average molecular weight is 458 g/mol. The highest BCUT2D eigenvalue weighted by molar-refractivity contribution is 5.86. The van der Waals surface area contributed by atoms with Gasteiger partial charge in [0.15, 0.2) is 0 Å². The molecule has 0 radical (unpaired) electrons. The lowest BCUT2D eigenvalue weighted by atomic mass is 9.96. The fourth-order valence-electron chi connectivity index (χ4n) is 4.23. The summed E-state index contributed by atoms with van der Waals surface area (Å²) in [4.78, 5) is 18.8. The van der Waals surface area contributed by atoms with Crippen LogP contribution < -0.4 is 4.90 Å². The van der Waals surface area contributed by atoms with Gasteiger partial charge in [-0.05, 0) is 66.8 Å². The van der Waals surface area contributed by atoms with Crippen molar-refractivity contribution >= 4 is 22.7 Å². The molecule has 1 aromatic heterocycles. The summed E-state index contributed by atoms with van der Waals surface area (Å²) in [5.74, 6) is 0.587. The molecule has 0 spiro atoms. The number of alkyl halides is 3. The van der Waals surface area contributed by atoms with Gasteiger partial charge in [-0.1, -0.05) is 18.2 Å². The van der Waals surface area contributed by atoms with E-state index in [2.05, 4.69) is 4.90 Å². The maximum absolute atomic E-state index is 13.4. The fourth-order valence-corrected chi connectivity index (χ4v) is 4.23. The van der Waals surface area contributed by atoms with Crippen molar-refractivity contribution in [3.05, 3.63) is 59.7 Å². The molecule has 0 amide bonds. The summed E-state index contributed by atoms with van der Waals surface area (Å²) < 4.78 is 45.2. The second kappa shape index (κ2) is 9.39. The van der Waals surface area contributed by atoms with Gasteiger partial charge in [0.2, 0.25) is 0 Å². The number of aliphatic hydroxyl groups is 1. The van der Waals surface area contributed by atoms with Crippen LogP contribution in [0, 0.1) is 5.92 Å². The molecule has 174 valence electrons. The van der Waals surface area contributed by atoms with Crippen molar-refractivity contribution in [2.45, 2.75) is 32.5 Å². The van der Waals surface area contributed by atoms with E-state index in [1.165, 1.54) is 6.07 Å². The first-order valence-electron chi connectivity index (χ1n) is 10.9. The molecule has 1 aliphatic heterocycles. The number of esters is 1. The Bertz CT molecular complexity index is 1160. The highest BCUT2D eigenvalue weighted by Gasteiger charge is 2.33. The van der Waals surface area contributed by atoms with Gasteiger partial charge in [0.25, 0.3) is 0 Å². The van der Waals surface area contributed by atoms with E-state index in [4.69, 9.17) is 9.72 Å². The molecule has 4 rings (SSSR count). The van der Waals surface area contributed by atoms with E-state index in [1.807, 2.05) is 18.2 Å². The van der Waals surface area contributed by atoms with E-state index < -0.39 is 18.3 Å². The van der Waals surface area contributed by atoms with Gasteiger partial charge in [0, 0.05) is 18.5 Å². The largest absolute Gasteiger partial charge is 0.466 e. The summed E-state index contributed by atoms with van der Waals surface area (Å²) in [5.41, 5.74) is 0.827. The third-order valence-electron chi connectivity index (χ3n) is 6.03. The van der Waals surface area contributed by atoms with Crippen LogP contribution in [-0.4, -0.2) is 35.8 Å². The SMILES string of the molecule is CCOC(=O)C1CCN(c2ccc3cc(-c4ccc(CO)c(C(F)(F)F)c4)ccc3n2)CC1. The normalized spacial score (nSPS) is 15.1. The molecule has 2 aromatic carbocycles. The minimum Gasteiger partial charge on any atom is -0.466 e. The third-order valence-corrected chi connectivity index (χ3v) is 6.03. The molecule has 1 N–H and O–H groups in total. The van der Waals surface area contributed by atoms with Crippen LogP contribution in [0.2, 0.25) is 0 Å². The number of anilines is 1. The summed E-state index contributed by atoms with van der Waals surface area (Å²) in [6.07, 6.45) is -3.12. The Morgan fingerprint density at radius 1 is 1.09 bits per heavy atom. The number of carbonyl (C=O) groups excluding carboxylic acids is 1. The standard InChI is InChI=1S/C25H25F3N2O3/c1-2-33-24(32)16-9-11-30(12-10-16)23-8-6-19-13-17(5-7-22(19)29-23)18-3-4-20(15-31)21(14-18)25(26,27)28/h3-8,13-14,16,31H,2,9-12,15H2,1H3. The Hall–Kier alpha value is -3.13. The summed E-state index contributed by atoms with van der Waals surface area (Å²) in [6, 6.07) is 13.1. The fraction of sp³-hybridized carbons (Fsp3) is 0.360. The number of aliphatic hydroxyl groups excluding tert-OH is 1. The van der Waals surface area contributed by atoms with Gasteiger partial charge < -0.3 is 14.7 Å². The lowest BCUT2D eigenvalue weighted by molar-refractivity contribution is -0.148. The van der Waals surface area contributed by atoms with Gasteiger partial charge in [0.05, 0.1) is 30.2 Å². The number of nitrogens with zero attached hydrogens (tertiary/aromatic N) is 2. The number of carbonyl (C=O) groups is 1. The van der Waals surface area contributed by atoms with Crippen molar-refractivity contribution < 1.29 is 27.8 Å². The van der Waals surface area contributed by atoms with Crippen molar-refractivity contribution in [1.82, 2.24) is 4.98 Å². The number of benzene rings is 2. The minimum atomic E-state index is -4.54. The molecular weight excluding hydrogens is 433 g/mol. The minimum absolute atomic E-state index is 0.0805. The van der Waals surface area contributed by atoms with Crippen LogP contribution in [0.15, 0.2) is 48.5 Å². The topological polar surface area (TPSA) is 62.7 Å². The molecule has 0 atom stereocenters. The van der Waals surface area contributed by atoms with Crippen molar-refractivity contribution in [2.75, 3.05) is 24.6 Å². The monoisotopic (exact) mass is 458 g/mol. The van der Waals surface area contributed by atoms with Gasteiger partial charge in [-0.15, -0.1) is 0 Å². The third kappa shape index (κ3) is 4.95. The summed E-state index contributed by atoms with van der Waals surface area (Å²) in [6.45, 7) is 2.93. The molecule has 1 fully saturated rings.